The van der Waals surface area contributed by atoms with Gasteiger partial charge in [0, 0.05) is 10.5 Å². The number of halogens is 2. The third-order valence-electron chi connectivity index (χ3n) is 3.67. The molecule has 3 heteroatoms. The van der Waals surface area contributed by atoms with Gasteiger partial charge >= 0.3 is 0 Å². The van der Waals surface area contributed by atoms with E-state index in [-0.39, 0.29) is 5.82 Å². The predicted molar refractivity (Wildman–Crippen MR) is 78.3 cm³/mol. The molecule has 1 aliphatic rings. The molecule has 0 radical (unpaired) electrons. The zero-order valence-corrected chi connectivity index (χ0v) is 12.8. The van der Waals surface area contributed by atoms with Crippen molar-refractivity contribution < 1.29 is 4.39 Å². The van der Waals surface area contributed by atoms with Crippen molar-refractivity contribution >= 4 is 21.6 Å². The first-order valence-electron chi connectivity index (χ1n) is 6.57. The Bertz CT molecular complexity index is 431. The molecule has 1 N–H and O–H groups in total. The van der Waals surface area contributed by atoms with Gasteiger partial charge in [0.05, 0.1) is 5.69 Å². The largest absolute Gasteiger partial charge is 0.380 e. The first-order valence-corrected chi connectivity index (χ1v) is 7.37. The van der Waals surface area contributed by atoms with Crippen LogP contribution >= 0.6 is 15.9 Å². The maximum Gasteiger partial charge on any atom is 0.146 e. The highest BCUT2D eigenvalue weighted by Gasteiger charge is 2.32. The molecule has 1 aromatic carbocycles. The highest BCUT2D eigenvalue weighted by atomic mass is 79.9. The van der Waals surface area contributed by atoms with E-state index in [1.807, 2.05) is 6.07 Å². The van der Waals surface area contributed by atoms with Gasteiger partial charge in [-0.15, -0.1) is 0 Å². The molecule has 0 aromatic heterocycles. The van der Waals surface area contributed by atoms with E-state index in [4.69, 9.17) is 0 Å². The molecule has 1 saturated carbocycles. The Morgan fingerprint density at radius 2 is 2.06 bits per heavy atom. The molecule has 1 aliphatic carbocycles. The van der Waals surface area contributed by atoms with Gasteiger partial charge in [0.15, 0.2) is 0 Å². The topological polar surface area (TPSA) is 12.0 Å². The van der Waals surface area contributed by atoms with Gasteiger partial charge in [0.1, 0.15) is 5.82 Å². The lowest BCUT2D eigenvalue weighted by atomic mass is 9.70. The second-order valence-corrected chi connectivity index (χ2v) is 7.29. The van der Waals surface area contributed by atoms with Crippen LogP contribution in [0, 0.1) is 17.2 Å². The molecule has 100 valence electrons. The minimum atomic E-state index is -0.172. The van der Waals surface area contributed by atoms with Gasteiger partial charge in [-0.1, -0.05) is 36.7 Å². The molecule has 2 unspecified atom stereocenters. The van der Waals surface area contributed by atoms with Crippen LogP contribution in [0.2, 0.25) is 0 Å². The maximum atomic E-state index is 13.7. The fourth-order valence-corrected chi connectivity index (χ4v) is 3.65. The second kappa shape index (κ2) is 5.20. The molecule has 0 amide bonds. The highest BCUT2D eigenvalue weighted by Crippen LogP contribution is 2.39. The molecule has 1 nitrogen and oxygen atoms in total. The third kappa shape index (κ3) is 3.47. The summed E-state index contributed by atoms with van der Waals surface area (Å²) in [6.07, 6.45) is 3.48. The van der Waals surface area contributed by atoms with E-state index in [0.29, 0.717) is 23.1 Å². The van der Waals surface area contributed by atoms with Crippen molar-refractivity contribution in [2.45, 2.75) is 46.1 Å². The fourth-order valence-electron chi connectivity index (χ4n) is 3.28. The maximum absolute atomic E-state index is 13.7. The number of benzene rings is 1. The summed E-state index contributed by atoms with van der Waals surface area (Å²) in [7, 11) is 0. The van der Waals surface area contributed by atoms with E-state index in [9.17, 15) is 4.39 Å². The van der Waals surface area contributed by atoms with Crippen molar-refractivity contribution in [1.29, 1.82) is 0 Å². The van der Waals surface area contributed by atoms with Crippen LogP contribution in [-0.4, -0.2) is 6.04 Å². The molecule has 1 fully saturated rings. The summed E-state index contributed by atoms with van der Waals surface area (Å²) < 4.78 is 14.6. The molecule has 0 heterocycles. The zero-order valence-electron chi connectivity index (χ0n) is 11.3. The van der Waals surface area contributed by atoms with Crippen LogP contribution in [0.15, 0.2) is 22.7 Å². The summed E-state index contributed by atoms with van der Waals surface area (Å²) in [4.78, 5) is 0. The third-order valence-corrected chi connectivity index (χ3v) is 4.17. The number of anilines is 1. The summed E-state index contributed by atoms with van der Waals surface area (Å²) in [6, 6.07) is 5.42. The summed E-state index contributed by atoms with van der Waals surface area (Å²) >= 11 is 3.39. The predicted octanol–water partition coefficient (Wildman–Crippen LogP) is 5.21. The average molecular weight is 314 g/mol. The van der Waals surface area contributed by atoms with Crippen molar-refractivity contribution in [2.24, 2.45) is 11.3 Å². The van der Waals surface area contributed by atoms with Crippen LogP contribution < -0.4 is 5.32 Å². The van der Waals surface area contributed by atoms with E-state index < -0.39 is 0 Å². The lowest BCUT2D eigenvalue weighted by Crippen LogP contribution is -2.35. The molecule has 18 heavy (non-hydrogen) atoms. The standard InChI is InChI=1S/C15H21BrFN/c1-10-6-12(9-15(2,3)8-10)18-14-7-11(16)4-5-13(14)17/h4-5,7,10,12,18H,6,8-9H2,1-3H3. The Balaban J connectivity index is 2.11. The summed E-state index contributed by atoms with van der Waals surface area (Å²) in [5, 5.41) is 3.37. The zero-order chi connectivity index (χ0) is 13.3. The summed E-state index contributed by atoms with van der Waals surface area (Å²) in [6.45, 7) is 6.88. The van der Waals surface area contributed by atoms with Crippen LogP contribution in [-0.2, 0) is 0 Å². The van der Waals surface area contributed by atoms with E-state index in [0.717, 1.165) is 17.3 Å². The van der Waals surface area contributed by atoms with Crippen molar-refractivity contribution in [3.63, 3.8) is 0 Å². The number of hydrogen-bond acceptors (Lipinski definition) is 1. The second-order valence-electron chi connectivity index (χ2n) is 6.38. The van der Waals surface area contributed by atoms with Crippen LogP contribution in [0.3, 0.4) is 0 Å². The molecule has 0 spiro atoms. The first-order chi connectivity index (χ1) is 8.35. The fraction of sp³-hybridized carbons (Fsp3) is 0.600. The number of nitrogens with one attached hydrogen (secondary N) is 1. The van der Waals surface area contributed by atoms with Gasteiger partial charge in [0.2, 0.25) is 0 Å². The van der Waals surface area contributed by atoms with Crippen molar-refractivity contribution in [3.05, 3.63) is 28.5 Å². The molecule has 0 bridgehead atoms. The van der Waals surface area contributed by atoms with Gasteiger partial charge in [-0.2, -0.15) is 0 Å². The van der Waals surface area contributed by atoms with Crippen LogP contribution in [0.5, 0.6) is 0 Å². The highest BCUT2D eigenvalue weighted by molar-refractivity contribution is 9.10. The SMILES string of the molecule is CC1CC(Nc2cc(Br)ccc2F)CC(C)(C)C1. The lowest BCUT2D eigenvalue weighted by Gasteiger charge is -2.39. The van der Waals surface area contributed by atoms with Crippen LogP contribution in [0.4, 0.5) is 10.1 Å². The Morgan fingerprint density at radius 1 is 1.33 bits per heavy atom. The number of rotatable bonds is 2. The smallest absolute Gasteiger partial charge is 0.146 e. The average Bonchev–Trinajstić information content (AvgIpc) is 2.20. The molecule has 2 rings (SSSR count). The van der Waals surface area contributed by atoms with Gasteiger partial charge in [-0.25, -0.2) is 4.39 Å². The summed E-state index contributed by atoms with van der Waals surface area (Å²) in [5.41, 5.74) is 0.956. The Hall–Kier alpha value is -0.570. The lowest BCUT2D eigenvalue weighted by molar-refractivity contribution is 0.177. The minimum Gasteiger partial charge on any atom is -0.380 e. The quantitative estimate of drug-likeness (QED) is 0.789. The molecule has 1 aromatic rings. The van der Waals surface area contributed by atoms with E-state index in [1.54, 1.807) is 6.07 Å². The van der Waals surface area contributed by atoms with Gasteiger partial charge in [-0.05, 0) is 48.8 Å². The molecule has 0 aliphatic heterocycles. The molecular formula is C15H21BrFN. The van der Waals surface area contributed by atoms with Crippen LogP contribution in [0.1, 0.15) is 40.0 Å². The normalized spacial score (nSPS) is 26.9. The Labute approximate surface area is 117 Å². The van der Waals surface area contributed by atoms with E-state index in [1.165, 1.54) is 12.5 Å². The van der Waals surface area contributed by atoms with Crippen molar-refractivity contribution in [2.75, 3.05) is 5.32 Å². The monoisotopic (exact) mass is 313 g/mol. The van der Waals surface area contributed by atoms with E-state index in [2.05, 4.69) is 42.0 Å². The van der Waals surface area contributed by atoms with Crippen LogP contribution in [0.25, 0.3) is 0 Å². The Morgan fingerprint density at radius 3 is 2.72 bits per heavy atom. The Kier molecular flexibility index (Phi) is 4.00. The minimum absolute atomic E-state index is 0.172. The van der Waals surface area contributed by atoms with Crippen molar-refractivity contribution in [1.82, 2.24) is 0 Å². The van der Waals surface area contributed by atoms with Gasteiger partial charge in [0.25, 0.3) is 0 Å². The van der Waals surface area contributed by atoms with Gasteiger partial charge < -0.3 is 5.32 Å². The van der Waals surface area contributed by atoms with Gasteiger partial charge in [-0.3, -0.25) is 0 Å². The molecular weight excluding hydrogens is 293 g/mol. The molecule has 2 atom stereocenters. The molecule has 0 saturated heterocycles. The van der Waals surface area contributed by atoms with Crippen molar-refractivity contribution in [3.8, 4) is 0 Å². The number of hydrogen-bond donors (Lipinski definition) is 1. The summed E-state index contributed by atoms with van der Waals surface area (Å²) in [5.74, 6) is 0.524. The first kappa shape index (κ1) is 13.9. The van der Waals surface area contributed by atoms with E-state index >= 15 is 0 Å².